The van der Waals surface area contributed by atoms with Gasteiger partial charge in [0.1, 0.15) is 5.82 Å². The van der Waals surface area contributed by atoms with E-state index < -0.39 is 0 Å². The summed E-state index contributed by atoms with van der Waals surface area (Å²) >= 11 is 0. The SMILES string of the molecule is O=c1ccc2ccc(F)c3c2n1CC3CN1CCC(NCc2cc3c(nn2)OCC3)CC1. The second kappa shape index (κ2) is 7.94. The highest BCUT2D eigenvalue weighted by atomic mass is 19.1. The minimum Gasteiger partial charge on any atom is -0.476 e. The Labute approximate surface area is 185 Å². The fourth-order valence-corrected chi connectivity index (χ4v) is 5.42. The Morgan fingerprint density at radius 1 is 1.16 bits per heavy atom. The van der Waals surface area contributed by atoms with Crippen molar-refractivity contribution in [1.82, 2.24) is 25.0 Å². The fraction of sp³-hybridized carbons (Fsp3) is 0.458. The zero-order chi connectivity index (χ0) is 21.7. The summed E-state index contributed by atoms with van der Waals surface area (Å²) in [5.41, 5.74) is 3.54. The van der Waals surface area contributed by atoms with Crippen molar-refractivity contribution in [3.05, 3.63) is 63.3 Å². The summed E-state index contributed by atoms with van der Waals surface area (Å²) in [5, 5.41) is 13.0. The molecule has 1 aromatic carbocycles. The molecule has 1 N–H and O–H groups in total. The summed E-state index contributed by atoms with van der Waals surface area (Å²) in [4.78, 5) is 14.8. The quantitative estimate of drug-likeness (QED) is 0.663. The average molecular weight is 436 g/mol. The van der Waals surface area contributed by atoms with Crippen LogP contribution in [0.25, 0.3) is 10.9 Å². The van der Waals surface area contributed by atoms with Crippen LogP contribution >= 0.6 is 0 Å². The van der Waals surface area contributed by atoms with Crippen LogP contribution in [0.4, 0.5) is 4.39 Å². The van der Waals surface area contributed by atoms with Gasteiger partial charge in [0.15, 0.2) is 0 Å². The van der Waals surface area contributed by atoms with Gasteiger partial charge in [-0.15, -0.1) is 5.10 Å². The van der Waals surface area contributed by atoms with E-state index in [4.69, 9.17) is 4.74 Å². The van der Waals surface area contributed by atoms with Crippen molar-refractivity contribution >= 4 is 10.9 Å². The van der Waals surface area contributed by atoms with Crippen LogP contribution in [0, 0.1) is 5.82 Å². The van der Waals surface area contributed by atoms with Gasteiger partial charge in [-0.2, -0.15) is 5.10 Å². The number of nitrogens with one attached hydrogen (secondary N) is 1. The van der Waals surface area contributed by atoms with E-state index in [1.807, 2.05) is 0 Å². The molecule has 32 heavy (non-hydrogen) atoms. The van der Waals surface area contributed by atoms with Crippen molar-refractivity contribution in [3.8, 4) is 5.88 Å². The molecule has 1 unspecified atom stereocenters. The summed E-state index contributed by atoms with van der Waals surface area (Å²) in [7, 11) is 0. The molecule has 0 saturated carbocycles. The molecule has 0 bridgehead atoms. The van der Waals surface area contributed by atoms with Crippen molar-refractivity contribution in [1.29, 1.82) is 0 Å². The molecule has 166 valence electrons. The van der Waals surface area contributed by atoms with Crippen molar-refractivity contribution in [2.75, 3.05) is 26.2 Å². The second-order valence-electron chi connectivity index (χ2n) is 9.10. The zero-order valence-corrected chi connectivity index (χ0v) is 17.9. The zero-order valence-electron chi connectivity index (χ0n) is 17.9. The highest BCUT2D eigenvalue weighted by Crippen LogP contribution is 2.35. The molecule has 3 aliphatic rings. The number of hydrogen-bond donors (Lipinski definition) is 1. The Kier molecular flexibility index (Phi) is 4.91. The highest BCUT2D eigenvalue weighted by Gasteiger charge is 2.31. The van der Waals surface area contributed by atoms with E-state index in [0.29, 0.717) is 37.2 Å². The molecule has 3 aliphatic heterocycles. The van der Waals surface area contributed by atoms with Crippen LogP contribution in [-0.4, -0.2) is 51.9 Å². The van der Waals surface area contributed by atoms with Crippen LogP contribution in [0.5, 0.6) is 5.88 Å². The van der Waals surface area contributed by atoms with Gasteiger partial charge in [0.2, 0.25) is 5.88 Å². The summed E-state index contributed by atoms with van der Waals surface area (Å²) in [5.74, 6) is 0.490. The van der Waals surface area contributed by atoms with Crippen LogP contribution in [0.15, 0.2) is 35.1 Å². The normalized spacial score (nSPS) is 20.6. The Morgan fingerprint density at radius 2 is 2.00 bits per heavy atom. The number of benzene rings is 1. The monoisotopic (exact) mass is 435 g/mol. The van der Waals surface area contributed by atoms with Crippen molar-refractivity contribution in [2.24, 2.45) is 0 Å². The van der Waals surface area contributed by atoms with Gasteiger partial charge in [0.05, 0.1) is 17.8 Å². The lowest BCUT2D eigenvalue weighted by atomic mass is 9.97. The molecule has 1 saturated heterocycles. The lowest BCUT2D eigenvalue weighted by Crippen LogP contribution is -2.43. The second-order valence-corrected chi connectivity index (χ2v) is 9.10. The molecule has 5 heterocycles. The van der Waals surface area contributed by atoms with E-state index in [2.05, 4.69) is 26.5 Å². The number of nitrogens with zero attached hydrogens (tertiary/aromatic N) is 4. The van der Waals surface area contributed by atoms with Gasteiger partial charge < -0.3 is 19.5 Å². The van der Waals surface area contributed by atoms with Crippen LogP contribution < -0.4 is 15.6 Å². The van der Waals surface area contributed by atoms with Crippen LogP contribution in [0.1, 0.15) is 35.6 Å². The van der Waals surface area contributed by atoms with E-state index in [1.165, 1.54) is 6.07 Å². The molecule has 1 atom stereocenters. The van der Waals surface area contributed by atoms with E-state index in [-0.39, 0.29) is 17.3 Å². The molecular weight excluding hydrogens is 409 g/mol. The van der Waals surface area contributed by atoms with E-state index >= 15 is 0 Å². The number of ether oxygens (including phenoxy) is 1. The Balaban J connectivity index is 1.07. The maximum absolute atomic E-state index is 14.7. The number of fused-ring (bicyclic) bond motifs is 1. The van der Waals surface area contributed by atoms with Gasteiger partial charge in [0, 0.05) is 55.2 Å². The first kappa shape index (κ1) is 19.8. The molecule has 0 amide bonds. The predicted molar refractivity (Wildman–Crippen MR) is 118 cm³/mol. The lowest BCUT2D eigenvalue weighted by molar-refractivity contribution is 0.184. The molecule has 1 fully saturated rings. The number of rotatable bonds is 5. The van der Waals surface area contributed by atoms with E-state index in [1.54, 1.807) is 22.8 Å². The first-order valence-corrected chi connectivity index (χ1v) is 11.4. The van der Waals surface area contributed by atoms with Crippen molar-refractivity contribution in [3.63, 3.8) is 0 Å². The lowest BCUT2D eigenvalue weighted by Gasteiger charge is -2.34. The molecule has 7 nitrogen and oxygen atoms in total. The molecule has 6 rings (SSSR count). The Morgan fingerprint density at radius 3 is 2.88 bits per heavy atom. The van der Waals surface area contributed by atoms with E-state index in [0.717, 1.165) is 61.1 Å². The molecular formula is C24H26FN5O2. The third-order valence-electron chi connectivity index (χ3n) is 7.08. The first-order valence-electron chi connectivity index (χ1n) is 11.4. The summed E-state index contributed by atoms with van der Waals surface area (Å²) < 4.78 is 21.9. The first-order chi connectivity index (χ1) is 15.7. The van der Waals surface area contributed by atoms with Crippen LogP contribution in [-0.2, 0) is 19.5 Å². The number of pyridine rings is 1. The predicted octanol–water partition coefficient (Wildman–Crippen LogP) is 2.22. The summed E-state index contributed by atoms with van der Waals surface area (Å²) in [6, 6.07) is 9.21. The van der Waals surface area contributed by atoms with Crippen LogP contribution in [0.3, 0.4) is 0 Å². The maximum Gasteiger partial charge on any atom is 0.251 e. The van der Waals surface area contributed by atoms with Gasteiger partial charge in [-0.05, 0) is 55.6 Å². The minimum absolute atomic E-state index is 0.0159. The third kappa shape index (κ3) is 3.47. The Bertz CT molecular complexity index is 1240. The number of hydrogen-bond acceptors (Lipinski definition) is 6. The van der Waals surface area contributed by atoms with Gasteiger partial charge in [-0.3, -0.25) is 4.79 Å². The number of piperidine rings is 1. The molecule has 3 aromatic rings. The molecule has 2 aromatic heterocycles. The largest absolute Gasteiger partial charge is 0.476 e. The summed E-state index contributed by atoms with van der Waals surface area (Å²) in [6.07, 6.45) is 2.98. The third-order valence-corrected chi connectivity index (χ3v) is 7.08. The van der Waals surface area contributed by atoms with Crippen LogP contribution in [0.2, 0.25) is 0 Å². The standard InChI is InChI=1S/C24H26FN5O2/c25-20-3-1-15-2-4-21(31)30-14-17(22(20)23(15)30)13-29-8-5-18(6-9-29)26-12-19-11-16-7-10-32-24(16)28-27-19/h1-4,11,17-18,26H,5-10,12-14H2. The number of likely N-dealkylation sites (tertiary alicyclic amines) is 1. The number of aromatic nitrogens is 3. The van der Waals surface area contributed by atoms with Crippen molar-refractivity contribution in [2.45, 2.75) is 44.3 Å². The fourth-order valence-electron chi connectivity index (χ4n) is 5.42. The van der Waals surface area contributed by atoms with Gasteiger partial charge in [-0.25, -0.2) is 4.39 Å². The van der Waals surface area contributed by atoms with Gasteiger partial charge >= 0.3 is 0 Å². The highest BCUT2D eigenvalue weighted by molar-refractivity contribution is 5.84. The molecule has 8 heteroatoms. The van der Waals surface area contributed by atoms with Gasteiger partial charge in [0.25, 0.3) is 5.56 Å². The molecule has 0 aliphatic carbocycles. The molecule has 0 radical (unpaired) electrons. The summed E-state index contributed by atoms with van der Waals surface area (Å²) in [6.45, 7) is 4.66. The average Bonchev–Trinajstić information content (AvgIpc) is 3.43. The Hall–Kier alpha value is -2.84. The maximum atomic E-state index is 14.7. The smallest absolute Gasteiger partial charge is 0.251 e. The minimum atomic E-state index is -0.197. The topological polar surface area (TPSA) is 72.3 Å². The number of halogens is 1. The van der Waals surface area contributed by atoms with E-state index in [9.17, 15) is 9.18 Å². The molecule has 0 spiro atoms. The van der Waals surface area contributed by atoms with Gasteiger partial charge in [-0.1, -0.05) is 0 Å². The van der Waals surface area contributed by atoms with Crippen molar-refractivity contribution < 1.29 is 9.13 Å².